The van der Waals surface area contributed by atoms with Crippen molar-refractivity contribution >= 4 is 5.78 Å². The van der Waals surface area contributed by atoms with E-state index >= 15 is 0 Å². The summed E-state index contributed by atoms with van der Waals surface area (Å²) in [7, 11) is 1.48. The number of aryl methyl sites for hydroxylation is 1. The van der Waals surface area contributed by atoms with E-state index in [1.165, 1.54) is 7.11 Å². The summed E-state index contributed by atoms with van der Waals surface area (Å²) >= 11 is 0. The number of hydrogen-bond acceptors (Lipinski definition) is 6. The lowest BCUT2D eigenvalue weighted by Crippen LogP contribution is -2.57. The molecule has 2 bridgehead atoms. The zero-order chi connectivity index (χ0) is 31.3. The van der Waals surface area contributed by atoms with Gasteiger partial charge in [0.2, 0.25) is 0 Å². The largest absolute Gasteiger partial charge is 0.508 e. The van der Waals surface area contributed by atoms with Gasteiger partial charge in [0.05, 0.1) is 5.41 Å². The van der Waals surface area contributed by atoms with E-state index in [1.807, 2.05) is 42.5 Å². The minimum absolute atomic E-state index is 0.0162. The van der Waals surface area contributed by atoms with Crippen molar-refractivity contribution < 1.29 is 30.0 Å². The molecule has 3 aromatic carbocycles. The second-order valence-electron chi connectivity index (χ2n) is 13.4. The first-order valence-corrected chi connectivity index (χ1v) is 15.9. The highest BCUT2D eigenvalue weighted by Gasteiger charge is 2.81. The van der Waals surface area contributed by atoms with Gasteiger partial charge in [0, 0.05) is 37.9 Å². The van der Waals surface area contributed by atoms with Crippen molar-refractivity contribution in [3.05, 3.63) is 95.6 Å². The first-order chi connectivity index (χ1) is 21.1. The van der Waals surface area contributed by atoms with E-state index in [-0.39, 0.29) is 42.1 Å². The van der Waals surface area contributed by atoms with E-state index in [2.05, 4.69) is 19.6 Å². The van der Waals surface area contributed by atoms with Crippen molar-refractivity contribution in [2.24, 2.45) is 28.6 Å². The Labute approximate surface area is 260 Å². The van der Waals surface area contributed by atoms with Crippen LogP contribution in [0.1, 0.15) is 62.1 Å². The van der Waals surface area contributed by atoms with Crippen LogP contribution in [-0.2, 0) is 22.4 Å². The third-order valence-electron chi connectivity index (χ3n) is 11.5. The SMILES string of the molecule is C=C1C2C(CO)CC(C(=O)CCc3cccc(-c4ccc(Cc5ccc(O)cc5)c(O)c4)c3)(C2(O)OC)C1(C)C1CCCC1. The quantitative estimate of drug-likeness (QED) is 0.156. The maximum Gasteiger partial charge on any atom is 0.185 e. The van der Waals surface area contributed by atoms with E-state index in [4.69, 9.17) is 4.74 Å². The second-order valence-corrected chi connectivity index (χ2v) is 13.4. The third kappa shape index (κ3) is 4.53. The number of aromatic hydroxyl groups is 2. The van der Waals surface area contributed by atoms with Crippen molar-refractivity contribution in [1.82, 2.24) is 0 Å². The number of fused-ring (bicyclic) bond motifs is 2. The summed E-state index contributed by atoms with van der Waals surface area (Å²) in [6, 6.07) is 20.7. The Morgan fingerprint density at radius 2 is 1.68 bits per heavy atom. The van der Waals surface area contributed by atoms with Gasteiger partial charge in [0.25, 0.3) is 0 Å². The van der Waals surface area contributed by atoms with Crippen LogP contribution in [0.15, 0.2) is 78.9 Å². The standard InChI is InChI=1S/C38H44O6/c1-24-35-30(23-39)22-37(38(35,43)44-3,36(24,2)31-9-4-5-10-31)34(42)18-13-25-7-6-8-27(19-25)28-14-15-29(33(41)21-28)20-26-11-16-32(40)17-12-26/h6-8,11-12,14-17,19,21,30-31,35,39-41,43H,1,4-5,9-10,13,18,20,22-23H2,2-3H3. The number of benzene rings is 3. The van der Waals surface area contributed by atoms with E-state index in [9.17, 15) is 25.2 Å². The molecule has 0 heterocycles. The first kappa shape index (κ1) is 30.6. The fraction of sp³-hybridized carbons (Fsp3) is 0.447. The highest BCUT2D eigenvalue weighted by atomic mass is 16.6. The summed E-state index contributed by atoms with van der Waals surface area (Å²) in [6.07, 6.45) is 5.92. The molecular formula is C38H44O6. The number of aliphatic hydroxyl groups excluding tert-OH is 1. The molecule has 3 aliphatic carbocycles. The zero-order valence-electron chi connectivity index (χ0n) is 25.8. The molecular weight excluding hydrogens is 552 g/mol. The van der Waals surface area contributed by atoms with Crippen LogP contribution in [0.2, 0.25) is 0 Å². The predicted octanol–water partition coefficient (Wildman–Crippen LogP) is 6.57. The molecule has 0 spiro atoms. The van der Waals surface area contributed by atoms with E-state index < -0.39 is 22.5 Å². The van der Waals surface area contributed by atoms with Crippen molar-refractivity contribution in [3.63, 3.8) is 0 Å². The number of ketones is 1. The number of phenols is 2. The molecule has 4 N–H and O–H groups in total. The van der Waals surface area contributed by atoms with Crippen LogP contribution < -0.4 is 0 Å². The second kappa shape index (κ2) is 11.5. The maximum absolute atomic E-state index is 14.5. The van der Waals surface area contributed by atoms with Crippen molar-refractivity contribution in [3.8, 4) is 22.6 Å². The molecule has 0 aromatic heterocycles. The first-order valence-electron chi connectivity index (χ1n) is 15.9. The zero-order valence-corrected chi connectivity index (χ0v) is 25.8. The summed E-state index contributed by atoms with van der Waals surface area (Å²) in [5.74, 6) is -1.78. The number of carbonyl (C=O) groups excluding carboxylic acids is 1. The minimum atomic E-state index is -1.69. The summed E-state index contributed by atoms with van der Waals surface area (Å²) < 4.78 is 5.89. The molecule has 0 amide bonds. The highest BCUT2D eigenvalue weighted by molar-refractivity contribution is 5.90. The monoisotopic (exact) mass is 596 g/mol. The van der Waals surface area contributed by atoms with Crippen LogP contribution >= 0.6 is 0 Å². The number of rotatable bonds is 10. The van der Waals surface area contributed by atoms with Crippen molar-refractivity contribution in [2.75, 3.05) is 13.7 Å². The fourth-order valence-electron chi connectivity index (χ4n) is 9.24. The Morgan fingerprint density at radius 3 is 2.34 bits per heavy atom. The minimum Gasteiger partial charge on any atom is -0.508 e. The molecule has 3 fully saturated rings. The number of hydrogen-bond donors (Lipinski definition) is 4. The van der Waals surface area contributed by atoms with Crippen LogP contribution in [0.5, 0.6) is 11.5 Å². The van der Waals surface area contributed by atoms with Crippen LogP contribution in [0.4, 0.5) is 0 Å². The van der Waals surface area contributed by atoms with Crippen molar-refractivity contribution in [2.45, 2.75) is 64.1 Å². The molecule has 232 valence electrons. The van der Waals surface area contributed by atoms with E-state index in [0.29, 0.717) is 19.3 Å². The Hall–Kier alpha value is -3.45. The van der Waals surface area contributed by atoms with Gasteiger partial charge in [-0.1, -0.05) is 80.4 Å². The topological polar surface area (TPSA) is 107 Å². The predicted molar refractivity (Wildman–Crippen MR) is 170 cm³/mol. The van der Waals surface area contributed by atoms with Gasteiger partial charge in [-0.15, -0.1) is 0 Å². The molecule has 3 aromatic rings. The average molecular weight is 597 g/mol. The maximum atomic E-state index is 14.5. The molecule has 44 heavy (non-hydrogen) atoms. The summed E-state index contributed by atoms with van der Waals surface area (Å²) in [5.41, 5.74) is 3.72. The fourth-order valence-corrected chi connectivity index (χ4v) is 9.24. The molecule has 6 heteroatoms. The molecule has 0 radical (unpaired) electrons. The number of ether oxygens (including phenoxy) is 1. The normalized spacial score (nSPS) is 29.9. The van der Waals surface area contributed by atoms with Crippen molar-refractivity contribution in [1.29, 1.82) is 0 Å². The van der Waals surface area contributed by atoms with Gasteiger partial charge in [-0.3, -0.25) is 4.79 Å². The number of phenolic OH excluding ortho intramolecular Hbond substituents is 2. The van der Waals surface area contributed by atoms with Gasteiger partial charge < -0.3 is 25.2 Å². The Bertz CT molecular complexity index is 1560. The number of aliphatic hydroxyl groups is 2. The Morgan fingerprint density at radius 1 is 0.977 bits per heavy atom. The summed E-state index contributed by atoms with van der Waals surface area (Å²) in [6.45, 7) is 6.48. The molecule has 6 nitrogen and oxygen atoms in total. The van der Waals surface area contributed by atoms with Crippen LogP contribution in [0, 0.1) is 28.6 Å². The van der Waals surface area contributed by atoms with Crippen LogP contribution in [0.3, 0.4) is 0 Å². The highest BCUT2D eigenvalue weighted by Crippen LogP contribution is 2.77. The Kier molecular flexibility index (Phi) is 7.98. The lowest BCUT2D eigenvalue weighted by Gasteiger charge is -2.51. The summed E-state index contributed by atoms with van der Waals surface area (Å²) in [5, 5.41) is 42.8. The van der Waals surface area contributed by atoms with Gasteiger partial charge in [0.15, 0.2) is 5.79 Å². The van der Waals surface area contributed by atoms with Crippen LogP contribution in [-0.4, -0.2) is 45.7 Å². The lowest BCUT2D eigenvalue weighted by molar-refractivity contribution is -0.258. The molecule has 0 saturated heterocycles. The smallest absolute Gasteiger partial charge is 0.185 e. The average Bonchev–Trinajstić information content (AvgIpc) is 3.70. The third-order valence-corrected chi connectivity index (χ3v) is 11.5. The molecule has 0 aliphatic heterocycles. The molecule has 6 rings (SSSR count). The van der Waals surface area contributed by atoms with Gasteiger partial charge >= 0.3 is 0 Å². The van der Waals surface area contributed by atoms with Gasteiger partial charge in [0.1, 0.15) is 17.3 Å². The van der Waals surface area contributed by atoms with Crippen LogP contribution in [0.25, 0.3) is 11.1 Å². The van der Waals surface area contributed by atoms with Gasteiger partial charge in [-0.05, 0) is 83.5 Å². The number of Topliss-reactive ketones (excluding diaryl/α,β-unsaturated/α-hetero) is 1. The molecule has 3 aliphatic rings. The molecule has 3 saturated carbocycles. The van der Waals surface area contributed by atoms with Gasteiger partial charge in [-0.25, -0.2) is 0 Å². The van der Waals surface area contributed by atoms with Gasteiger partial charge in [-0.2, -0.15) is 0 Å². The lowest BCUT2D eigenvalue weighted by atomic mass is 9.52. The molecule has 5 atom stereocenters. The number of methoxy groups -OCH3 is 1. The number of carbonyl (C=O) groups is 1. The summed E-state index contributed by atoms with van der Waals surface area (Å²) in [4.78, 5) is 14.5. The Balaban J connectivity index is 1.24. The van der Waals surface area contributed by atoms with E-state index in [1.54, 1.807) is 18.2 Å². The molecule has 5 unspecified atom stereocenters. The van der Waals surface area contributed by atoms with E-state index in [0.717, 1.165) is 59.1 Å².